The second-order valence-corrected chi connectivity index (χ2v) is 7.74. The van der Waals surface area contributed by atoms with Crippen molar-refractivity contribution in [2.45, 2.75) is 10.9 Å². The first-order valence-electron chi connectivity index (χ1n) is 6.85. The molecule has 0 atom stereocenters. The van der Waals surface area contributed by atoms with E-state index in [1.54, 1.807) is 30.1 Å². The van der Waals surface area contributed by atoms with Crippen LogP contribution in [0.2, 0.25) is 4.34 Å². The fourth-order valence-corrected chi connectivity index (χ4v) is 4.54. The van der Waals surface area contributed by atoms with Crippen LogP contribution in [-0.2, 0) is 12.8 Å². The van der Waals surface area contributed by atoms with E-state index in [2.05, 4.69) is 10.2 Å². The van der Waals surface area contributed by atoms with Crippen molar-refractivity contribution < 1.29 is 0 Å². The van der Waals surface area contributed by atoms with E-state index in [4.69, 9.17) is 11.6 Å². The van der Waals surface area contributed by atoms with Crippen molar-refractivity contribution in [1.29, 1.82) is 0 Å². The Labute approximate surface area is 144 Å². The summed E-state index contributed by atoms with van der Waals surface area (Å²) < 4.78 is 4.23. The van der Waals surface area contributed by atoms with Gasteiger partial charge in [0, 0.05) is 17.7 Å². The largest absolute Gasteiger partial charge is 0.279 e. The van der Waals surface area contributed by atoms with E-state index in [0.717, 1.165) is 20.8 Å². The Bertz CT molecular complexity index is 1080. The monoisotopic (exact) mass is 362 g/mol. The van der Waals surface area contributed by atoms with Crippen molar-refractivity contribution in [3.63, 3.8) is 0 Å². The molecule has 116 valence electrons. The average Bonchev–Trinajstić information content (AvgIpc) is 3.17. The van der Waals surface area contributed by atoms with Gasteiger partial charge in [0.15, 0.2) is 5.16 Å². The molecule has 0 bridgehead atoms. The molecule has 3 heterocycles. The average molecular weight is 363 g/mol. The fourth-order valence-electron chi connectivity index (χ4n) is 2.47. The molecule has 0 aliphatic rings. The van der Waals surface area contributed by atoms with Crippen molar-refractivity contribution in [2.24, 2.45) is 7.05 Å². The first kappa shape index (κ1) is 14.7. The van der Waals surface area contributed by atoms with E-state index in [-0.39, 0.29) is 5.56 Å². The number of halogens is 1. The number of rotatable bonds is 3. The van der Waals surface area contributed by atoms with E-state index < -0.39 is 0 Å². The maximum atomic E-state index is 12.4. The van der Waals surface area contributed by atoms with Crippen molar-refractivity contribution >= 4 is 51.4 Å². The van der Waals surface area contributed by atoms with Crippen LogP contribution >= 0.6 is 34.7 Å². The normalized spacial score (nSPS) is 11.6. The van der Waals surface area contributed by atoms with Crippen molar-refractivity contribution in [2.75, 3.05) is 0 Å². The van der Waals surface area contributed by atoms with Crippen LogP contribution in [0.5, 0.6) is 0 Å². The fraction of sp³-hybridized carbons (Fsp3) is 0.133. The summed E-state index contributed by atoms with van der Waals surface area (Å²) in [5, 5.41) is 9.85. The summed E-state index contributed by atoms with van der Waals surface area (Å²) in [4.78, 5) is 13.6. The summed E-state index contributed by atoms with van der Waals surface area (Å²) in [7, 11) is 1.71. The van der Waals surface area contributed by atoms with Crippen LogP contribution in [-0.4, -0.2) is 19.2 Å². The van der Waals surface area contributed by atoms with Gasteiger partial charge in [-0.3, -0.25) is 13.8 Å². The van der Waals surface area contributed by atoms with Gasteiger partial charge in [-0.15, -0.1) is 21.5 Å². The summed E-state index contributed by atoms with van der Waals surface area (Å²) in [6, 6.07) is 11.4. The Morgan fingerprint density at radius 3 is 2.83 bits per heavy atom. The predicted octanol–water partition coefficient (Wildman–Crippen LogP) is 3.59. The molecule has 0 amide bonds. The summed E-state index contributed by atoms with van der Waals surface area (Å²) in [6.45, 7) is 0. The summed E-state index contributed by atoms with van der Waals surface area (Å²) in [5.74, 6) is 1.30. The maximum Gasteiger partial charge on any atom is 0.262 e. The summed E-state index contributed by atoms with van der Waals surface area (Å²) in [6.07, 6.45) is 0. The van der Waals surface area contributed by atoms with E-state index in [1.165, 1.54) is 9.44 Å². The molecular weight excluding hydrogens is 352 g/mol. The standard InChI is InChI=1S/C15H11ClN4OS2/c1-19-13(21)10-4-2-3-5-11(10)20-14(19)17-18-15(20)22-8-9-6-7-12(16)23-9/h2-7H,8H2,1H3. The number of para-hydroxylation sites is 1. The maximum absolute atomic E-state index is 12.4. The zero-order valence-electron chi connectivity index (χ0n) is 12.1. The Kier molecular flexibility index (Phi) is 3.63. The molecule has 0 spiro atoms. The minimum Gasteiger partial charge on any atom is -0.279 e. The zero-order valence-corrected chi connectivity index (χ0v) is 14.5. The number of fused-ring (bicyclic) bond motifs is 3. The topological polar surface area (TPSA) is 52.2 Å². The highest BCUT2D eigenvalue weighted by Gasteiger charge is 2.15. The minimum atomic E-state index is -0.0675. The van der Waals surface area contributed by atoms with E-state index in [1.807, 2.05) is 40.8 Å². The molecule has 4 rings (SSSR count). The third kappa shape index (κ3) is 2.45. The second-order valence-electron chi connectivity index (χ2n) is 4.99. The molecule has 0 unspecified atom stereocenters. The molecule has 0 aliphatic carbocycles. The van der Waals surface area contributed by atoms with Crippen LogP contribution in [0.3, 0.4) is 0 Å². The number of thiophene rings is 1. The SMILES string of the molecule is Cn1c(=O)c2ccccc2n2c(SCc3ccc(Cl)s3)nnc12. The van der Waals surface area contributed by atoms with E-state index in [9.17, 15) is 4.79 Å². The number of aryl methyl sites for hydroxylation is 1. The molecule has 0 saturated carbocycles. The Hall–Kier alpha value is -1.83. The van der Waals surface area contributed by atoms with Crippen LogP contribution in [0.1, 0.15) is 4.88 Å². The first-order valence-corrected chi connectivity index (χ1v) is 9.03. The lowest BCUT2D eigenvalue weighted by molar-refractivity contribution is 0.853. The molecular formula is C15H11ClN4OS2. The summed E-state index contributed by atoms with van der Waals surface area (Å²) in [5.41, 5.74) is 0.754. The number of hydrogen-bond donors (Lipinski definition) is 0. The van der Waals surface area contributed by atoms with E-state index in [0.29, 0.717) is 11.2 Å². The third-order valence-corrected chi connectivity index (χ3v) is 5.96. The number of aromatic nitrogens is 4. The third-order valence-electron chi connectivity index (χ3n) is 3.57. The number of nitrogens with zero attached hydrogens (tertiary/aromatic N) is 4. The van der Waals surface area contributed by atoms with Gasteiger partial charge >= 0.3 is 0 Å². The molecule has 3 aromatic heterocycles. The first-order chi connectivity index (χ1) is 11.1. The van der Waals surface area contributed by atoms with Gasteiger partial charge < -0.3 is 0 Å². The van der Waals surface area contributed by atoms with Crippen LogP contribution in [0, 0.1) is 0 Å². The highest BCUT2D eigenvalue weighted by Crippen LogP contribution is 2.29. The lowest BCUT2D eigenvalue weighted by Gasteiger charge is -2.07. The number of hydrogen-bond acceptors (Lipinski definition) is 5. The van der Waals surface area contributed by atoms with Gasteiger partial charge in [-0.05, 0) is 24.3 Å². The minimum absolute atomic E-state index is 0.0675. The Morgan fingerprint density at radius 2 is 2.04 bits per heavy atom. The number of thioether (sulfide) groups is 1. The van der Waals surface area contributed by atoms with Crippen molar-refractivity contribution in [1.82, 2.24) is 19.2 Å². The smallest absolute Gasteiger partial charge is 0.262 e. The molecule has 4 aromatic rings. The Morgan fingerprint density at radius 1 is 1.22 bits per heavy atom. The molecule has 0 N–H and O–H groups in total. The molecule has 0 radical (unpaired) electrons. The van der Waals surface area contributed by atoms with Crippen molar-refractivity contribution in [3.8, 4) is 0 Å². The van der Waals surface area contributed by atoms with Gasteiger partial charge in [-0.1, -0.05) is 35.5 Å². The van der Waals surface area contributed by atoms with Gasteiger partial charge in [-0.2, -0.15) is 0 Å². The van der Waals surface area contributed by atoms with Gasteiger partial charge in [0.05, 0.1) is 15.2 Å². The molecule has 23 heavy (non-hydrogen) atoms. The highest BCUT2D eigenvalue weighted by atomic mass is 35.5. The van der Waals surface area contributed by atoms with Crippen molar-refractivity contribution in [3.05, 3.63) is 56.0 Å². The van der Waals surface area contributed by atoms with Crippen LogP contribution in [0.4, 0.5) is 0 Å². The van der Waals surface area contributed by atoms with Gasteiger partial charge in [0.25, 0.3) is 5.56 Å². The Balaban J connectivity index is 1.86. The molecule has 5 nitrogen and oxygen atoms in total. The number of benzene rings is 1. The van der Waals surface area contributed by atoms with Gasteiger partial charge in [-0.25, -0.2) is 0 Å². The molecule has 0 aliphatic heterocycles. The predicted molar refractivity (Wildman–Crippen MR) is 94.6 cm³/mol. The molecule has 0 fully saturated rings. The zero-order chi connectivity index (χ0) is 16.0. The lowest BCUT2D eigenvalue weighted by atomic mass is 10.2. The molecule has 1 aromatic carbocycles. The molecule has 8 heteroatoms. The van der Waals surface area contributed by atoms with E-state index >= 15 is 0 Å². The van der Waals surface area contributed by atoms with Gasteiger partial charge in [0.2, 0.25) is 5.78 Å². The molecule has 0 saturated heterocycles. The summed E-state index contributed by atoms with van der Waals surface area (Å²) >= 11 is 9.10. The highest BCUT2D eigenvalue weighted by molar-refractivity contribution is 7.98. The van der Waals surface area contributed by atoms with Crippen LogP contribution in [0.25, 0.3) is 16.7 Å². The van der Waals surface area contributed by atoms with Crippen LogP contribution < -0.4 is 5.56 Å². The quantitative estimate of drug-likeness (QED) is 0.523. The second kappa shape index (κ2) is 5.67. The lowest BCUT2D eigenvalue weighted by Crippen LogP contribution is -2.20. The van der Waals surface area contributed by atoms with Gasteiger partial charge in [0.1, 0.15) is 0 Å². The van der Waals surface area contributed by atoms with Crippen LogP contribution in [0.15, 0.2) is 46.3 Å².